The molecule has 3 amide bonds. The van der Waals surface area contributed by atoms with E-state index in [1.54, 1.807) is 4.90 Å². The molecule has 0 atom stereocenters. The summed E-state index contributed by atoms with van der Waals surface area (Å²) >= 11 is 0. The molecule has 0 saturated heterocycles. The Bertz CT molecular complexity index is 1000. The van der Waals surface area contributed by atoms with Crippen LogP contribution in [-0.4, -0.2) is 39.4 Å². The van der Waals surface area contributed by atoms with Gasteiger partial charge in [-0.2, -0.15) is 0 Å². The molecule has 1 heterocycles. The summed E-state index contributed by atoms with van der Waals surface area (Å²) in [6.07, 6.45) is 3.78. The van der Waals surface area contributed by atoms with Crippen LogP contribution in [-0.2, 0) is 31.5 Å². The Kier molecular flexibility index (Phi) is 9.12. The van der Waals surface area contributed by atoms with Gasteiger partial charge in [-0.15, -0.1) is 0 Å². The topological polar surface area (TPSA) is 57.6 Å². The molecule has 0 unspecified atom stereocenters. The lowest BCUT2D eigenvalue weighted by atomic mass is 10.2. The fraction of sp³-hybridized carbons (Fsp3) is 0.333. The van der Waals surface area contributed by atoms with E-state index in [9.17, 15) is 9.59 Å². The first-order valence-corrected chi connectivity index (χ1v) is 11.6. The highest BCUT2D eigenvalue weighted by Crippen LogP contribution is 2.12. The molecular formula is C27H34N4O2. The number of nitrogens with one attached hydrogen (secondary N) is 1. The van der Waals surface area contributed by atoms with Crippen LogP contribution in [0.2, 0.25) is 0 Å². The lowest BCUT2D eigenvalue weighted by Gasteiger charge is -2.28. The number of nitrogens with zero attached hydrogens (tertiary/aromatic N) is 3. The Hall–Kier alpha value is -3.54. The average molecular weight is 447 g/mol. The molecule has 6 nitrogen and oxygen atoms in total. The molecule has 0 saturated carbocycles. The van der Waals surface area contributed by atoms with Crippen molar-refractivity contribution in [2.24, 2.45) is 7.05 Å². The van der Waals surface area contributed by atoms with E-state index in [2.05, 4.69) is 12.2 Å². The fourth-order valence-corrected chi connectivity index (χ4v) is 3.64. The van der Waals surface area contributed by atoms with Gasteiger partial charge in [0.1, 0.15) is 6.54 Å². The van der Waals surface area contributed by atoms with Crippen molar-refractivity contribution in [2.45, 2.75) is 39.4 Å². The second-order valence-electron chi connectivity index (χ2n) is 8.27. The molecule has 0 bridgehead atoms. The van der Waals surface area contributed by atoms with Crippen LogP contribution < -0.4 is 5.32 Å². The molecule has 6 heteroatoms. The van der Waals surface area contributed by atoms with Crippen LogP contribution in [0.3, 0.4) is 0 Å². The third-order valence-electron chi connectivity index (χ3n) is 5.65. The summed E-state index contributed by atoms with van der Waals surface area (Å²) in [7, 11) is 1.98. The lowest BCUT2D eigenvalue weighted by molar-refractivity contribution is -0.133. The number of urea groups is 1. The van der Waals surface area contributed by atoms with Gasteiger partial charge in [-0.25, -0.2) is 4.79 Å². The van der Waals surface area contributed by atoms with E-state index in [0.717, 1.165) is 29.7 Å². The van der Waals surface area contributed by atoms with Crippen molar-refractivity contribution in [3.8, 4) is 0 Å². The standard InChI is InChI=1S/C27H34N4O2/c1-3-4-18-30(27(33)28-19-23-12-7-5-8-13-23)22-26(32)31(20-24-14-9-6-10-15-24)21-25-16-11-17-29(25)2/h5-17H,3-4,18-22H2,1-2H3,(H,28,33). The number of aryl methyl sites for hydroxylation is 1. The molecule has 2 aromatic carbocycles. The molecule has 33 heavy (non-hydrogen) atoms. The van der Waals surface area contributed by atoms with Gasteiger partial charge in [-0.3, -0.25) is 4.79 Å². The number of carbonyl (C=O) groups is 2. The van der Waals surface area contributed by atoms with Gasteiger partial charge >= 0.3 is 6.03 Å². The largest absolute Gasteiger partial charge is 0.353 e. The molecule has 0 aliphatic heterocycles. The Labute approximate surface area is 196 Å². The summed E-state index contributed by atoms with van der Waals surface area (Å²) in [6, 6.07) is 23.6. The number of hydrogen-bond donors (Lipinski definition) is 1. The van der Waals surface area contributed by atoms with Gasteiger partial charge in [0.05, 0.1) is 6.54 Å². The number of carbonyl (C=O) groups excluding carboxylic acids is 2. The van der Waals surface area contributed by atoms with E-state index >= 15 is 0 Å². The number of amides is 3. The maximum Gasteiger partial charge on any atom is 0.318 e. The first-order chi connectivity index (χ1) is 16.1. The van der Waals surface area contributed by atoms with Gasteiger partial charge < -0.3 is 19.7 Å². The highest BCUT2D eigenvalue weighted by Gasteiger charge is 2.22. The van der Waals surface area contributed by atoms with Crippen molar-refractivity contribution in [1.29, 1.82) is 0 Å². The maximum atomic E-state index is 13.4. The Morgan fingerprint density at radius 2 is 1.52 bits per heavy atom. The average Bonchev–Trinajstić information content (AvgIpc) is 3.25. The Morgan fingerprint density at radius 3 is 2.12 bits per heavy atom. The van der Waals surface area contributed by atoms with Crippen LogP contribution >= 0.6 is 0 Å². The monoisotopic (exact) mass is 446 g/mol. The summed E-state index contributed by atoms with van der Waals surface area (Å²) in [6.45, 7) is 4.11. The highest BCUT2D eigenvalue weighted by atomic mass is 16.2. The minimum atomic E-state index is -0.209. The van der Waals surface area contributed by atoms with E-state index in [1.807, 2.05) is 95.5 Å². The number of unbranched alkanes of at least 4 members (excludes halogenated alkanes) is 1. The fourth-order valence-electron chi connectivity index (χ4n) is 3.64. The van der Waals surface area contributed by atoms with Gasteiger partial charge in [-0.05, 0) is 29.7 Å². The van der Waals surface area contributed by atoms with Crippen molar-refractivity contribution >= 4 is 11.9 Å². The van der Waals surface area contributed by atoms with Crippen LogP contribution in [0.25, 0.3) is 0 Å². The van der Waals surface area contributed by atoms with E-state index in [0.29, 0.717) is 26.2 Å². The van der Waals surface area contributed by atoms with Crippen molar-refractivity contribution in [3.05, 3.63) is 95.8 Å². The number of hydrogen-bond acceptors (Lipinski definition) is 2. The minimum absolute atomic E-state index is 0.0535. The van der Waals surface area contributed by atoms with E-state index in [1.165, 1.54) is 0 Å². The minimum Gasteiger partial charge on any atom is -0.353 e. The van der Waals surface area contributed by atoms with Gasteiger partial charge in [0.15, 0.2) is 0 Å². The van der Waals surface area contributed by atoms with Crippen molar-refractivity contribution < 1.29 is 9.59 Å². The summed E-state index contributed by atoms with van der Waals surface area (Å²) in [4.78, 5) is 29.8. The zero-order valence-electron chi connectivity index (χ0n) is 19.6. The second-order valence-corrected chi connectivity index (χ2v) is 8.27. The zero-order valence-corrected chi connectivity index (χ0v) is 19.6. The summed E-state index contributed by atoms with van der Waals surface area (Å²) in [5.74, 6) is -0.0639. The zero-order chi connectivity index (χ0) is 23.5. The first kappa shape index (κ1) is 24.1. The third-order valence-corrected chi connectivity index (χ3v) is 5.65. The smallest absolute Gasteiger partial charge is 0.318 e. The van der Waals surface area contributed by atoms with Gasteiger partial charge in [0.2, 0.25) is 5.91 Å². The van der Waals surface area contributed by atoms with Crippen molar-refractivity contribution in [1.82, 2.24) is 19.7 Å². The molecule has 0 fully saturated rings. The molecule has 3 rings (SSSR count). The van der Waals surface area contributed by atoms with E-state index in [4.69, 9.17) is 0 Å². The predicted octanol–water partition coefficient (Wildman–Crippen LogP) is 4.57. The SMILES string of the molecule is CCCCN(CC(=O)N(Cc1ccccc1)Cc1cccn1C)C(=O)NCc1ccccc1. The van der Waals surface area contributed by atoms with Crippen LogP contribution in [0.15, 0.2) is 79.0 Å². The van der Waals surface area contributed by atoms with E-state index in [-0.39, 0.29) is 18.5 Å². The molecule has 0 radical (unpaired) electrons. The first-order valence-electron chi connectivity index (χ1n) is 11.6. The van der Waals surface area contributed by atoms with Crippen LogP contribution in [0.4, 0.5) is 4.79 Å². The quantitative estimate of drug-likeness (QED) is 0.469. The maximum absolute atomic E-state index is 13.4. The number of rotatable bonds is 11. The van der Waals surface area contributed by atoms with Gasteiger partial charge in [0.25, 0.3) is 0 Å². The van der Waals surface area contributed by atoms with Crippen molar-refractivity contribution in [2.75, 3.05) is 13.1 Å². The molecule has 0 aliphatic carbocycles. The third kappa shape index (κ3) is 7.52. The predicted molar refractivity (Wildman–Crippen MR) is 131 cm³/mol. The molecule has 3 aromatic rings. The van der Waals surface area contributed by atoms with Crippen LogP contribution in [0.1, 0.15) is 36.6 Å². The molecule has 174 valence electrons. The Balaban J connectivity index is 1.70. The molecular weight excluding hydrogens is 412 g/mol. The lowest BCUT2D eigenvalue weighted by Crippen LogP contribution is -2.46. The van der Waals surface area contributed by atoms with Crippen molar-refractivity contribution in [3.63, 3.8) is 0 Å². The molecule has 1 N–H and O–H groups in total. The summed E-state index contributed by atoms with van der Waals surface area (Å²) in [5.41, 5.74) is 3.14. The normalized spacial score (nSPS) is 10.6. The molecule has 1 aromatic heterocycles. The summed E-state index contributed by atoms with van der Waals surface area (Å²) < 4.78 is 2.02. The number of aromatic nitrogens is 1. The molecule has 0 aliphatic rings. The van der Waals surface area contributed by atoms with Crippen LogP contribution in [0, 0.1) is 0 Å². The molecule has 0 spiro atoms. The van der Waals surface area contributed by atoms with Crippen LogP contribution in [0.5, 0.6) is 0 Å². The number of benzene rings is 2. The van der Waals surface area contributed by atoms with Gasteiger partial charge in [-0.1, -0.05) is 74.0 Å². The summed E-state index contributed by atoms with van der Waals surface area (Å²) in [5, 5.41) is 2.97. The second kappa shape index (κ2) is 12.5. The van der Waals surface area contributed by atoms with Gasteiger partial charge in [0, 0.05) is 38.6 Å². The van der Waals surface area contributed by atoms with E-state index < -0.39 is 0 Å². The Morgan fingerprint density at radius 1 is 0.848 bits per heavy atom. The highest BCUT2D eigenvalue weighted by molar-refractivity contribution is 5.84.